The van der Waals surface area contributed by atoms with Crippen molar-refractivity contribution in [3.8, 4) is 11.5 Å². The lowest BCUT2D eigenvalue weighted by atomic mass is 10.2. The van der Waals surface area contributed by atoms with Crippen molar-refractivity contribution in [3.63, 3.8) is 0 Å². The highest BCUT2D eigenvalue weighted by atomic mass is 127. The fourth-order valence-electron chi connectivity index (χ4n) is 2.33. The monoisotopic (exact) mass is 502 g/mol. The number of anilines is 1. The molecule has 152 valence electrons. The fraction of sp³-hybridized carbons (Fsp3) is 0.263. The molecule has 0 aliphatic rings. The summed E-state index contributed by atoms with van der Waals surface area (Å²) in [7, 11) is 4.77. The Bertz CT molecular complexity index is 818. The average Bonchev–Trinajstić information content (AvgIpc) is 2.70. The lowest BCUT2D eigenvalue weighted by molar-refractivity contribution is 0.0950. The molecule has 0 aliphatic carbocycles. The third-order valence-corrected chi connectivity index (χ3v) is 3.69. The van der Waals surface area contributed by atoms with Crippen LogP contribution < -0.4 is 25.4 Å². The summed E-state index contributed by atoms with van der Waals surface area (Å²) in [5, 5.41) is 8.83. The van der Waals surface area contributed by atoms with Crippen molar-refractivity contribution < 1.29 is 18.7 Å². The first-order valence-electron chi connectivity index (χ1n) is 8.31. The largest absolute Gasteiger partial charge is 0.493 e. The van der Waals surface area contributed by atoms with Crippen LogP contribution >= 0.6 is 24.0 Å². The second-order valence-corrected chi connectivity index (χ2v) is 5.43. The quantitative estimate of drug-likeness (QED) is 0.235. The first kappa shape index (κ1) is 23.5. The summed E-state index contributed by atoms with van der Waals surface area (Å²) < 4.78 is 24.0. The summed E-state index contributed by atoms with van der Waals surface area (Å²) in [6, 6.07) is 11.2. The molecule has 2 rings (SSSR count). The third-order valence-electron chi connectivity index (χ3n) is 3.69. The molecule has 3 N–H and O–H groups in total. The van der Waals surface area contributed by atoms with Gasteiger partial charge in [0, 0.05) is 31.9 Å². The zero-order valence-electron chi connectivity index (χ0n) is 15.9. The van der Waals surface area contributed by atoms with Gasteiger partial charge < -0.3 is 25.4 Å². The number of carbonyl (C=O) groups excluding carboxylic acids is 1. The van der Waals surface area contributed by atoms with Crippen molar-refractivity contribution in [2.24, 2.45) is 4.99 Å². The maximum Gasteiger partial charge on any atom is 0.254 e. The molecule has 28 heavy (non-hydrogen) atoms. The van der Waals surface area contributed by atoms with Crippen LogP contribution in [0.3, 0.4) is 0 Å². The van der Waals surface area contributed by atoms with E-state index in [1.807, 2.05) is 6.07 Å². The Morgan fingerprint density at radius 1 is 1.04 bits per heavy atom. The van der Waals surface area contributed by atoms with E-state index in [1.54, 1.807) is 39.5 Å². The van der Waals surface area contributed by atoms with Crippen LogP contribution in [0.1, 0.15) is 10.4 Å². The second-order valence-electron chi connectivity index (χ2n) is 5.43. The Balaban J connectivity index is 0.00000392. The van der Waals surface area contributed by atoms with Crippen LogP contribution in [0, 0.1) is 5.82 Å². The number of nitrogens with one attached hydrogen (secondary N) is 3. The lowest BCUT2D eigenvalue weighted by Crippen LogP contribution is -2.38. The van der Waals surface area contributed by atoms with Crippen LogP contribution in [0.2, 0.25) is 0 Å². The Kier molecular flexibility index (Phi) is 10.1. The van der Waals surface area contributed by atoms with Crippen molar-refractivity contribution in [2.75, 3.05) is 39.7 Å². The molecule has 0 unspecified atom stereocenters. The highest BCUT2D eigenvalue weighted by Gasteiger charge is 2.10. The molecular weight excluding hydrogens is 478 g/mol. The van der Waals surface area contributed by atoms with Gasteiger partial charge in [-0.15, -0.1) is 24.0 Å². The minimum atomic E-state index is -0.547. The van der Waals surface area contributed by atoms with Crippen LogP contribution in [-0.2, 0) is 0 Å². The molecule has 9 heteroatoms. The van der Waals surface area contributed by atoms with Gasteiger partial charge in [0.15, 0.2) is 17.5 Å². The minimum absolute atomic E-state index is 0. The van der Waals surface area contributed by atoms with E-state index in [2.05, 4.69) is 20.9 Å². The summed E-state index contributed by atoms with van der Waals surface area (Å²) >= 11 is 0. The standard InChI is InChI=1S/C19H23FN4O3.HI/c1-21-19(24-13-8-9-16(26-2)17(12-13)27-3)23-11-10-22-18(25)14-6-4-5-7-15(14)20;/h4-9,12H,10-11H2,1-3H3,(H,22,25)(H2,21,23,24);1H. The van der Waals surface area contributed by atoms with Crippen molar-refractivity contribution in [2.45, 2.75) is 0 Å². The number of halogens is 2. The van der Waals surface area contributed by atoms with Crippen molar-refractivity contribution in [1.29, 1.82) is 0 Å². The van der Waals surface area contributed by atoms with Gasteiger partial charge in [0.1, 0.15) is 5.82 Å². The van der Waals surface area contributed by atoms with Gasteiger partial charge in [-0.3, -0.25) is 9.79 Å². The van der Waals surface area contributed by atoms with Crippen LogP contribution in [0.15, 0.2) is 47.5 Å². The maximum atomic E-state index is 13.6. The predicted octanol–water partition coefficient (Wildman–Crippen LogP) is 2.88. The van der Waals surface area contributed by atoms with Gasteiger partial charge >= 0.3 is 0 Å². The van der Waals surface area contributed by atoms with Gasteiger partial charge in [0.05, 0.1) is 19.8 Å². The van der Waals surface area contributed by atoms with Crippen molar-refractivity contribution >= 4 is 41.5 Å². The third kappa shape index (κ3) is 6.55. The summed E-state index contributed by atoms with van der Waals surface area (Å²) in [5.41, 5.74) is 0.779. The molecule has 0 bridgehead atoms. The number of benzene rings is 2. The molecule has 0 radical (unpaired) electrons. The number of hydrogen-bond donors (Lipinski definition) is 3. The molecule has 0 aromatic heterocycles. The van der Waals surface area contributed by atoms with Crippen LogP contribution in [0.4, 0.5) is 10.1 Å². The normalized spacial score (nSPS) is 10.5. The second kappa shape index (κ2) is 12.0. The first-order valence-corrected chi connectivity index (χ1v) is 8.31. The first-order chi connectivity index (χ1) is 13.1. The molecular formula is C19H24FIN4O3. The summed E-state index contributed by atoms with van der Waals surface area (Å²) in [4.78, 5) is 16.1. The summed E-state index contributed by atoms with van der Waals surface area (Å²) in [6.45, 7) is 0.715. The molecule has 7 nitrogen and oxygen atoms in total. The van der Waals surface area contributed by atoms with Gasteiger partial charge in [0.2, 0.25) is 0 Å². The van der Waals surface area contributed by atoms with E-state index < -0.39 is 11.7 Å². The van der Waals surface area contributed by atoms with Crippen molar-refractivity contribution in [3.05, 3.63) is 53.8 Å². The van der Waals surface area contributed by atoms with E-state index in [0.717, 1.165) is 5.69 Å². The van der Waals surface area contributed by atoms with Crippen LogP contribution in [0.25, 0.3) is 0 Å². The van der Waals surface area contributed by atoms with Crippen molar-refractivity contribution in [1.82, 2.24) is 10.6 Å². The molecule has 0 spiro atoms. The number of rotatable bonds is 7. The molecule has 1 amide bonds. The number of carbonyl (C=O) groups is 1. The smallest absolute Gasteiger partial charge is 0.254 e. The Hall–Kier alpha value is -2.56. The van der Waals surface area contributed by atoms with E-state index in [1.165, 1.54) is 18.2 Å². The Labute approximate surface area is 180 Å². The highest BCUT2D eigenvalue weighted by Crippen LogP contribution is 2.29. The minimum Gasteiger partial charge on any atom is -0.493 e. The van der Waals surface area contributed by atoms with E-state index in [4.69, 9.17) is 9.47 Å². The molecule has 0 aliphatic heterocycles. The van der Waals surface area contributed by atoms with E-state index in [0.29, 0.717) is 30.5 Å². The molecule has 2 aromatic rings. The Morgan fingerprint density at radius 3 is 2.36 bits per heavy atom. The number of amides is 1. The maximum absolute atomic E-state index is 13.6. The van der Waals surface area contributed by atoms with E-state index in [9.17, 15) is 9.18 Å². The lowest BCUT2D eigenvalue weighted by Gasteiger charge is -2.14. The van der Waals surface area contributed by atoms with E-state index in [-0.39, 0.29) is 29.5 Å². The number of methoxy groups -OCH3 is 2. The molecule has 0 saturated carbocycles. The zero-order chi connectivity index (χ0) is 19.6. The number of guanidine groups is 1. The van der Waals surface area contributed by atoms with Gasteiger partial charge in [-0.25, -0.2) is 4.39 Å². The Morgan fingerprint density at radius 2 is 1.71 bits per heavy atom. The molecule has 0 saturated heterocycles. The average molecular weight is 502 g/mol. The van der Waals surface area contributed by atoms with Crippen LogP contribution in [-0.4, -0.2) is 46.2 Å². The molecule has 0 fully saturated rings. The number of aliphatic imine (C=N–C) groups is 1. The van der Waals surface area contributed by atoms with Gasteiger partial charge in [0.25, 0.3) is 5.91 Å². The fourth-order valence-corrected chi connectivity index (χ4v) is 2.33. The SMILES string of the molecule is CN=C(NCCNC(=O)c1ccccc1F)Nc1ccc(OC)c(OC)c1.I. The van der Waals surface area contributed by atoms with Gasteiger partial charge in [-0.2, -0.15) is 0 Å². The van der Waals surface area contributed by atoms with E-state index >= 15 is 0 Å². The van der Waals surface area contributed by atoms with Crippen LogP contribution in [0.5, 0.6) is 11.5 Å². The zero-order valence-corrected chi connectivity index (χ0v) is 18.2. The molecule has 2 aromatic carbocycles. The molecule has 0 heterocycles. The van der Waals surface area contributed by atoms with Gasteiger partial charge in [-0.05, 0) is 24.3 Å². The predicted molar refractivity (Wildman–Crippen MR) is 119 cm³/mol. The summed E-state index contributed by atoms with van der Waals surface area (Å²) in [6.07, 6.45) is 0. The topological polar surface area (TPSA) is 84.0 Å². The number of hydrogen-bond acceptors (Lipinski definition) is 4. The molecule has 0 atom stereocenters. The number of ether oxygens (including phenoxy) is 2. The van der Waals surface area contributed by atoms with Gasteiger partial charge in [-0.1, -0.05) is 12.1 Å². The number of nitrogens with zero attached hydrogens (tertiary/aromatic N) is 1. The summed E-state index contributed by atoms with van der Waals surface area (Å²) in [5.74, 6) is 0.728. The highest BCUT2D eigenvalue weighted by molar-refractivity contribution is 14.0.